The Morgan fingerprint density at radius 1 is 0.840 bits per heavy atom. The number of hydrogen-bond acceptors (Lipinski definition) is 5. The lowest BCUT2D eigenvalue weighted by atomic mass is 10.1. The van der Waals surface area contributed by atoms with E-state index in [9.17, 15) is 4.79 Å². The Balaban J connectivity index is 0. The van der Waals surface area contributed by atoms with Crippen molar-refractivity contribution in [1.82, 2.24) is 0 Å². The average Bonchev–Trinajstić information content (AvgIpc) is 2.63. The Bertz CT molecular complexity index is 316. The minimum absolute atomic E-state index is 0.295. The smallest absolute Gasteiger partial charge is 0.333 e. The lowest BCUT2D eigenvalue weighted by molar-refractivity contribution is -0.355. The summed E-state index contributed by atoms with van der Waals surface area (Å²) in [6, 6.07) is 0. The second-order valence-electron chi connectivity index (χ2n) is 6.08. The molecule has 5 nitrogen and oxygen atoms in total. The summed E-state index contributed by atoms with van der Waals surface area (Å²) in [6.07, 6.45) is 10.6. The fraction of sp³-hybridized carbons (Fsp3) is 0.850. The molecule has 0 unspecified atom stereocenters. The first-order valence-electron chi connectivity index (χ1n) is 9.41. The van der Waals surface area contributed by atoms with E-state index >= 15 is 0 Å². The summed E-state index contributed by atoms with van der Waals surface area (Å²) in [4.78, 5) is 10.6. The van der Waals surface area contributed by atoms with Crippen LogP contribution in [0.2, 0.25) is 0 Å². The first kappa shape index (κ1) is 26.3. The van der Waals surface area contributed by atoms with Crippen LogP contribution in [0.15, 0.2) is 12.2 Å². The first-order valence-corrected chi connectivity index (χ1v) is 9.41. The van der Waals surface area contributed by atoms with E-state index in [1.54, 1.807) is 28.3 Å². The zero-order chi connectivity index (χ0) is 19.6. The van der Waals surface area contributed by atoms with E-state index in [0.29, 0.717) is 12.2 Å². The normalized spacial score (nSPS) is 10.8. The average molecular weight is 361 g/mol. The maximum absolute atomic E-state index is 10.6. The Morgan fingerprint density at radius 2 is 1.32 bits per heavy atom. The van der Waals surface area contributed by atoms with Crippen molar-refractivity contribution in [2.75, 3.05) is 27.9 Å². The van der Waals surface area contributed by atoms with E-state index in [2.05, 4.69) is 13.5 Å². The van der Waals surface area contributed by atoms with Crippen molar-refractivity contribution < 1.29 is 23.7 Å². The van der Waals surface area contributed by atoms with Gasteiger partial charge in [-0.05, 0) is 19.8 Å². The number of hydrogen-bond donors (Lipinski definition) is 0. The molecule has 25 heavy (non-hydrogen) atoms. The zero-order valence-electron chi connectivity index (χ0n) is 17.3. The van der Waals surface area contributed by atoms with Crippen molar-refractivity contribution in [2.45, 2.75) is 84.5 Å². The van der Waals surface area contributed by atoms with Crippen molar-refractivity contribution in [3.63, 3.8) is 0 Å². The van der Waals surface area contributed by atoms with Crippen LogP contribution in [-0.4, -0.2) is 39.9 Å². The summed E-state index contributed by atoms with van der Waals surface area (Å²) >= 11 is 0. The molecule has 0 spiro atoms. The van der Waals surface area contributed by atoms with Crippen LogP contribution in [0.3, 0.4) is 0 Å². The molecular formula is C20H40O5. The standard InChI is InChI=1S/C13H28O3.C7H12O2/c1-5-6-7-8-9-10-11-12-13(14-2,15-3)16-4;1-4-5-9-7(8)6(2)3/h5-12H2,1-4H3;2,4-5H2,1,3H3. The fourth-order valence-corrected chi connectivity index (χ4v) is 2.17. The van der Waals surface area contributed by atoms with Crippen LogP contribution in [0, 0.1) is 0 Å². The van der Waals surface area contributed by atoms with Crippen molar-refractivity contribution in [1.29, 1.82) is 0 Å². The molecule has 0 atom stereocenters. The number of rotatable bonds is 14. The van der Waals surface area contributed by atoms with Gasteiger partial charge in [-0.1, -0.05) is 59.0 Å². The minimum Gasteiger partial charge on any atom is -0.462 e. The number of methoxy groups -OCH3 is 3. The molecule has 0 aromatic rings. The fourth-order valence-electron chi connectivity index (χ4n) is 2.17. The summed E-state index contributed by atoms with van der Waals surface area (Å²) in [7, 11) is 4.86. The molecule has 0 saturated carbocycles. The third-order valence-electron chi connectivity index (χ3n) is 3.81. The maximum atomic E-state index is 10.6. The van der Waals surface area contributed by atoms with Gasteiger partial charge >= 0.3 is 5.97 Å². The Morgan fingerprint density at radius 3 is 1.72 bits per heavy atom. The molecule has 0 aromatic heterocycles. The number of ether oxygens (including phenoxy) is 4. The maximum Gasteiger partial charge on any atom is 0.333 e. The molecule has 0 N–H and O–H groups in total. The van der Waals surface area contributed by atoms with Gasteiger partial charge in [0.2, 0.25) is 0 Å². The summed E-state index contributed by atoms with van der Waals surface area (Å²) in [5.41, 5.74) is 0.462. The highest BCUT2D eigenvalue weighted by molar-refractivity contribution is 5.86. The van der Waals surface area contributed by atoms with Gasteiger partial charge in [-0.15, -0.1) is 0 Å². The lowest BCUT2D eigenvalue weighted by Crippen LogP contribution is -2.35. The minimum atomic E-state index is -0.830. The zero-order valence-corrected chi connectivity index (χ0v) is 17.3. The van der Waals surface area contributed by atoms with E-state index in [1.807, 2.05) is 6.92 Å². The highest BCUT2D eigenvalue weighted by Gasteiger charge is 2.28. The van der Waals surface area contributed by atoms with Crippen LogP contribution < -0.4 is 0 Å². The predicted molar refractivity (Wildman–Crippen MR) is 102 cm³/mol. The molecule has 0 rings (SSSR count). The number of esters is 1. The topological polar surface area (TPSA) is 54.0 Å². The Kier molecular flexibility index (Phi) is 18.8. The van der Waals surface area contributed by atoms with Gasteiger partial charge in [0.25, 0.3) is 5.97 Å². The Hall–Kier alpha value is -0.910. The SMILES string of the molecule is C=C(C)C(=O)OCCC.CCCCCCCCCC(OC)(OC)OC. The van der Waals surface area contributed by atoms with Crippen LogP contribution in [0.25, 0.3) is 0 Å². The van der Waals surface area contributed by atoms with Crippen LogP contribution in [0.4, 0.5) is 0 Å². The molecule has 0 fully saturated rings. The molecule has 0 heterocycles. The molecule has 0 aliphatic heterocycles. The molecule has 0 radical (unpaired) electrons. The van der Waals surface area contributed by atoms with Gasteiger partial charge in [-0.25, -0.2) is 4.79 Å². The van der Waals surface area contributed by atoms with E-state index in [-0.39, 0.29) is 5.97 Å². The molecule has 0 aromatic carbocycles. The summed E-state index contributed by atoms with van der Waals surface area (Å²) < 4.78 is 20.4. The van der Waals surface area contributed by atoms with E-state index in [4.69, 9.17) is 18.9 Å². The van der Waals surface area contributed by atoms with Crippen LogP contribution in [0.1, 0.15) is 78.6 Å². The molecule has 0 aliphatic rings. The van der Waals surface area contributed by atoms with Gasteiger partial charge < -0.3 is 18.9 Å². The van der Waals surface area contributed by atoms with Crippen molar-refractivity contribution >= 4 is 5.97 Å². The van der Waals surface area contributed by atoms with E-state index in [1.165, 1.54) is 38.5 Å². The Labute approximate surface area is 155 Å². The second-order valence-corrected chi connectivity index (χ2v) is 6.08. The third kappa shape index (κ3) is 15.1. The van der Waals surface area contributed by atoms with Crippen molar-refractivity contribution in [3.05, 3.63) is 12.2 Å². The van der Waals surface area contributed by atoms with Gasteiger partial charge in [0.15, 0.2) is 0 Å². The van der Waals surface area contributed by atoms with Crippen molar-refractivity contribution in [2.24, 2.45) is 0 Å². The van der Waals surface area contributed by atoms with Crippen molar-refractivity contribution in [3.8, 4) is 0 Å². The van der Waals surface area contributed by atoms with E-state index in [0.717, 1.165) is 19.3 Å². The largest absolute Gasteiger partial charge is 0.462 e. The molecule has 5 heteroatoms. The molecule has 0 amide bonds. The number of carbonyl (C=O) groups is 1. The van der Waals surface area contributed by atoms with Gasteiger partial charge in [0.05, 0.1) is 6.61 Å². The highest BCUT2D eigenvalue weighted by atomic mass is 16.9. The van der Waals surface area contributed by atoms with Crippen LogP contribution >= 0.6 is 0 Å². The monoisotopic (exact) mass is 360 g/mol. The van der Waals surface area contributed by atoms with E-state index < -0.39 is 5.97 Å². The summed E-state index contributed by atoms with van der Waals surface area (Å²) in [6.45, 7) is 9.75. The van der Waals surface area contributed by atoms with Gasteiger partial charge in [-0.3, -0.25) is 0 Å². The molecule has 0 bridgehead atoms. The molecule has 150 valence electrons. The number of unbranched alkanes of at least 4 members (excludes halogenated alkanes) is 6. The van der Waals surface area contributed by atoms with Crippen LogP contribution in [-0.2, 0) is 23.7 Å². The van der Waals surface area contributed by atoms with Crippen LogP contribution in [0.5, 0.6) is 0 Å². The lowest BCUT2D eigenvalue weighted by Gasteiger charge is -2.28. The quantitative estimate of drug-likeness (QED) is 0.184. The summed E-state index contributed by atoms with van der Waals surface area (Å²) in [5.74, 6) is -1.12. The number of carbonyl (C=O) groups excluding carboxylic acids is 1. The van der Waals surface area contributed by atoms with Gasteiger partial charge in [0.1, 0.15) is 0 Å². The summed E-state index contributed by atoms with van der Waals surface area (Å²) in [5, 5.41) is 0. The highest BCUT2D eigenvalue weighted by Crippen LogP contribution is 2.21. The molecule has 0 aliphatic carbocycles. The molecule has 0 saturated heterocycles. The molecular weight excluding hydrogens is 320 g/mol. The third-order valence-corrected chi connectivity index (χ3v) is 3.81. The first-order chi connectivity index (χ1) is 11.9. The van der Waals surface area contributed by atoms with Gasteiger partial charge in [-0.2, -0.15) is 0 Å². The predicted octanol–water partition coefficient (Wildman–Crippen LogP) is 5.24. The second kappa shape index (κ2) is 17.9. The van der Waals surface area contributed by atoms with Gasteiger partial charge in [0, 0.05) is 33.3 Å².